The van der Waals surface area contributed by atoms with Crippen LogP contribution in [0.25, 0.3) is 0 Å². The summed E-state index contributed by atoms with van der Waals surface area (Å²) < 4.78 is 0. The molecule has 0 saturated carbocycles. The summed E-state index contributed by atoms with van der Waals surface area (Å²) in [6.07, 6.45) is 9.26. The average Bonchev–Trinajstić information content (AvgIpc) is 2.90. The molecule has 0 saturated heterocycles. The van der Waals surface area contributed by atoms with E-state index in [2.05, 4.69) is 63.4 Å². The van der Waals surface area contributed by atoms with Crippen molar-refractivity contribution < 1.29 is 0 Å². The van der Waals surface area contributed by atoms with Crippen LogP contribution in [0.4, 0.5) is 5.69 Å². The van der Waals surface area contributed by atoms with Gasteiger partial charge in [-0.3, -0.25) is 0 Å². The summed E-state index contributed by atoms with van der Waals surface area (Å²) >= 11 is 1.98. The number of fused-ring (bicyclic) bond motifs is 1. The summed E-state index contributed by atoms with van der Waals surface area (Å²) in [4.78, 5) is 3.96. The first kappa shape index (κ1) is 18.4. The fourth-order valence-corrected chi connectivity index (χ4v) is 4.79. The standard InChI is InChI=1S/C21H33NS/c1-6-7-8-9-10-11-14-17(2)20-22(21(3,4)5)18-15-12-13-16-19(18)23-20/h12-13,15-16,20H,2,6-11,14H2,1,3-5H3. The fourth-order valence-electron chi connectivity index (χ4n) is 3.29. The quantitative estimate of drug-likeness (QED) is 0.371. The Morgan fingerprint density at radius 1 is 1.09 bits per heavy atom. The van der Waals surface area contributed by atoms with E-state index < -0.39 is 0 Å². The number of para-hydroxylation sites is 1. The van der Waals surface area contributed by atoms with Crippen LogP contribution in [0.5, 0.6) is 0 Å². The van der Waals surface area contributed by atoms with E-state index in [-0.39, 0.29) is 5.54 Å². The zero-order valence-electron chi connectivity index (χ0n) is 15.4. The van der Waals surface area contributed by atoms with Crippen molar-refractivity contribution in [1.82, 2.24) is 0 Å². The maximum atomic E-state index is 4.45. The van der Waals surface area contributed by atoms with E-state index in [0.717, 1.165) is 6.42 Å². The normalized spacial score (nSPS) is 17.4. The zero-order valence-corrected chi connectivity index (χ0v) is 16.2. The van der Waals surface area contributed by atoms with Gasteiger partial charge in [0.25, 0.3) is 0 Å². The lowest BCUT2D eigenvalue weighted by molar-refractivity contribution is 0.502. The molecule has 0 radical (unpaired) electrons. The molecule has 0 bridgehead atoms. The van der Waals surface area contributed by atoms with E-state index in [4.69, 9.17) is 0 Å². The Morgan fingerprint density at radius 3 is 2.43 bits per heavy atom. The molecule has 1 heterocycles. The second-order valence-corrected chi connectivity index (χ2v) is 8.78. The van der Waals surface area contributed by atoms with Crippen molar-refractivity contribution in [3.05, 3.63) is 36.4 Å². The smallest absolute Gasteiger partial charge is 0.101 e. The first-order chi connectivity index (χ1) is 10.9. The molecule has 0 fully saturated rings. The molecule has 0 amide bonds. The van der Waals surface area contributed by atoms with Gasteiger partial charge in [-0.25, -0.2) is 0 Å². The topological polar surface area (TPSA) is 3.24 Å². The summed E-state index contributed by atoms with van der Waals surface area (Å²) in [5, 5.41) is 0.392. The maximum absolute atomic E-state index is 4.45. The van der Waals surface area contributed by atoms with Gasteiger partial charge in [0.1, 0.15) is 5.37 Å². The summed E-state index contributed by atoms with van der Waals surface area (Å²) in [7, 11) is 0. The van der Waals surface area contributed by atoms with Gasteiger partial charge in [0, 0.05) is 10.4 Å². The number of rotatable bonds is 8. The second kappa shape index (κ2) is 8.28. The minimum Gasteiger partial charge on any atom is -0.350 e. The summed E-state index contributed by atoms with van der Waals surface area (Å²) in [5.74, 6) is 0. The molecule has 1 atom stereocenters. The van der Waals surface area contributed by atoms with E-state index in [1.54, 1.807) is 0 Å². The van der Waals surface area contributed by atoms with E-state index >= 15 is 0 Å². The SMILES string of the molecule is C=C(CCCCCCCC)C1Sc2ccccc2N1C(C)(C)C. The Labute approximate surface area is 147 Å². The van der Waals surface area contributed by atoms with Gasteiger partial charge in [0.15, 0.2) is 0 Å². The van der Waals surface area contributed by atoms with Crippen LogP contribution in [0.15, 0.2) is 41.3 Å². The first-order valence-electron chi connectivity index (χ1n) is 9.18. The van der Waals surface area contributed by atoms with E-state index in [1.807, 2.05) is 11.8 Å². The minimum atomic E-state index is 0.119. The van der Waals surface area contributed by atoms with Crippen LogP contribution in [0.2, 0.25) is 0 Å². The van der Waals surface area contributed by atoms with Crippen molar-refractivity contribution in [2.75, 3.05) is 4.90 Å². The highest BCUT2D eigenvalue weighted by atomic mass is 32.2. The lowest BCUT2D eigenvalue weighted by atomic mass is 10.0. The number of hydrogen-bond donors (Lipinski definition) is 0. The molecule has 0 spiro atoms. The molecule has 1 unspecified atom stereocenters. The molecule has 0 aromatic heterocycles. The third-order valence-electron chi connectivity index (χ3n) is 4.52. The van der Waals surface area contributed by atoms with Crippen LogP contribution in [-0.2, 0) is 0 Å². The summed E-state index contributed by atoms with van der Waals surface area (Å²) in [6.45, 7) is 13.6. The van der Waals surface area contributed by atoms with Crippen molar-refractivity contribution >= 4 is 17.4 Å². The highest BCUT2D eigenvalue weighted by molar-refractivity contribution is 8.00. The van der Waals surface area contributed by atoms with Crippen LogP contribution in [0, 0.1) is 0 Å². The van der Waals surface area contributed by atoms with Crippen molar-refractivity contribution in [3.63, 3.8) is 0 Å². The molecule has 1 nitrogen and oxygen atoms in total. The van der Waals surface area contributed by atoms with Gasteiger partial charge in [-0.05, 0) is 51.3 Å². The molecule has 23 heavy (non-hydrogen) atoms. The molecule has 0 N–H and O–H groups in total. The van der Waals surface area contributed by atoms with Gasteiger partial charge in [-0.2, -0.15) is 0 Å². The highest BCUT2D eigenvalue weighted by Crippen LogP contribution is 2.49. The van der Waals surface area contributed by atoms with Crippen molar-refractivity contribution in [2.45, 2.75) is 88.4 Å². The first-order valence-corrected chi connectivity index (χ1v) is 10.1. The lowest BCUT2D eigenvalue weighted by Gasteiger charge is -2.39. The molecule has 1 aromatic carbocycles. The molecule has 0 aliphatic carbocycles. The summed E-state index contributed by atoms with van der Waals surface area (Å²) in [5.41, 5.74) is 2.88. The van der Waals surface area contributed by atoms with Gasteiger partial charge >= 0.3 is 0 Å². The third-order valence-corrected chi connectivity index (χ3v) is 5.89. The maximum Gasteiger partial charge on any atom is 0.101 e. The van der Waals surface area contributed by atoms with Crippen molar-refractivity contribution in [1.29, 1.82) is 0 Å². The Balaban J connectivity index is 1.95. The van der Waals surface area contributed by atoms with Gasteiger partial charge in [-0.1, -0.05) is 69.5 Å². The van der Waals surface area contributed by atoms with Gasteiger partial charge in [-0.15, -0.1) is 0 Å². The van der Waals surface area contributed by atoms with Gasteiger partial charge < -0.3 is 4.90 Å². The van der Waals surface area contributed by atoms with Crippen molar-refractivity contribution in [3.8, 4) is 0 Å². The molecule has 1 aliphatic heterocycles. The number of anilines is 1. The summed E-state index contributed by atoms with van der Waals surface area (Å²) in [6, 6.07) is 8.80. The Kier molecular flexibility index (Phi) is 6.64. The number of unbranched alkanes of at least 4 members (excludes halogenated alkanes) is 5. The van der Waals surface area contributed by atoms with E-state index in [0.29, 0.717) is 5.37 Å². The number of thioether (sulfide) groups is 1. The molecule has 2 heteroatoms. The van der Waals surface area contributed by atoms with Crippen LogP contribution in [-0.4, -0.2) is 10.9 Å². The predicted octanol–water partition coefficient (Wildman–Crippen LogP) is 7.03. The molecule has 1 aromatic rings. The molecular weight excluding hydrogens is 298 g/mol. The molecule has 1 aliphatic rings. The number of hydrogen-bond acceptors (Lipinski definition) is 2. The molecule has 2 rings (SSSR count). The Bertz CT molecular complexity index is 515. The third kappa shape index (κ3) is 4.79. The van der Waals surface area contributed by atoms with Crippen LogP contribution < -0.4 is 4.90 Å². The monoisotopic (exact) mass is 331 g/mol. The van der Waals surface area contributed by atoms with Crippen molar-refractivity contribution in [2.24, 2.45) is 0 Å². The van der Waals surface area contributed by atoms with Crippen LogP contribution >= 0.6 is 11.8 Å². The number of nitrogens with zero attached hydrogens (tertiary/aromatic N) is 1. The lowest BCUT2D eigenvalue weighted by Crippen LogP contribution is -2.45. The average molecular weight is 332 g/mol. The highest BCUT2D eigenvalue weighted by Gasteiger charge is 2.37. The fraction of sp³-hybridized carbons (Fsp3) is 0.619. The van der Waals surface area contributed by atoms with E-state index in [1.165, 1.54) is 54.7 Å². The van der Waals surface area contributed by atoms with E-state index in [9.17, 15) is 0 Å². The van der Waals surface area contributed by atoms with Gasteiger partial charge in [0.05, 0.1) is 5.69 Å². The number of benzene rings is 1. The molecule has 128 valence electrons. The zero-order chi connectivity index (χ0) is 16.9. The Hall–Kier alpha value is -0.890. The minimum absolute atomic E-state index is 0.119. The van der Waals surface area contributed by atoms with Crippen LogP contribution in [0.1, 0.15) is 72.6 Å². The predicted molar refractivity (Wildman–Crippen MR) is 105 cm³/mol. The largest absolute Gasteiger partial charge is 0.350 e. The van der Waals surface area contributed by atoms with Crippen LogP contribution in [0.3, 0.4) is 0 Å². The Morgan fingerprint density at radius 2 is 1.74 bits per heavy atom. The van der Waals surface area contributed by atoms with Gasteiger partial charge in [0.2, 0.25) is 0 Å². The second-order valence-electron chi connectivity index (χ2n) is 7.65. The molecular formula is C21H33NS.